The van der Waals surface area contributed by atoms with Crippen LogP contribution in [0.25, 0.3) is 33.8 Å². The number of rotatable bonds is 3. The van der Waals surface area contributed by atoms with Gasteiger partial charge < -0.3 is 10.3 Å². The highest BCUT2D eigenvalue weighted by Crippen LogP contribution is 2.45. The highest BCUT2D eigenvalue weighted by atomic mass is 19.4. The summed E-state index contributed by atoms with van der Waals surface area (Å²) in [5.41, 5.74) is 1.28. The first-order valence-corrected chi connectivity index (χ1v) is 8.75. The Morgan fingerprint density at radius 3 is 2.32 bits per heavy atom. The van der Waals surface area contributed by atoms with Gasteiger partial charge >= 0.3 is 12.4 Å². The molecule has 2 N–H and O–H groups in total. The molecule has 0 aliphatic rings. The first-order valence-electron chi connectivity index (χ1n) is 8.75. The van der Waals surface area contributed by atoms with Gasteiger partial charge in [-0.1, -0.05) is 12.1 Å². The Bertz CT molecular complexity index is 1270. The number of nitrogens with zero attached hydrogens (tertiary/aromatic N) is 5. The van der Waals surface area contributed by atoms with Crippen LogP contribution in [0.2, 0.25) is 0 Å². The Morgan fingerprint density at radius 1 is 1.00 bits per heavy atom. The second kappa shape index (κ2) is 6.96. The van der Waals surface area contributed by atoms with E-state index in [0.29, 0.717) is 18.1 Å². The van der Waals surface area contributed by atoms with Crippen LogP contribution in [0.5, 0.6) is 0 Å². The number of fused-ring (bicyclic) bond motifs is 1. The Labute approximate surface area is 169 Å². The number of hydrogen-bond donors (Lipinski definition) is 1. The molecule has 0 unspecified atom stereocenters. The molecule has 0 saturated carbocycles. The van der Waals surface area contributed by atoms with Gasteiger partial charge in [0.2, 0.25) is 0 Å². The third-order valence-electron chi connectivity index (χ3n) is 4.62. The van der Waals surface area contributed by atoms with Crippen molar-refractivity contribution in [1.82, 2.24) is 24.8 Å². The molecule has 0 aliphatic carbocycles. The second-order valence-electron chi connectivity index (χ2n) is 6.43. The molecule has 31 heavy (non-hydrogen) atoms. The predicted octanol–water partition coefficient (Wildman–Crippen LogP) is 4.79. The van der Waals surface area contributed by atoms with Crippen molar-refractivity contribution < 1.29 is 31.0 Å². The maximum Gasteiger partial charge on any atom is 0.417 e. The van der Waals surface area contributed by atoms with E-state index < -0.39 is 29.0 Å². The zero-order valence-electron chi connectivity index (χ0n) is 15.6. The van der Waals surface area contributed by atoms with Gasteiger partial charge in [-0.3, -0.25) is 4.98 Å². The molecule has 0 atom stereocenters. The molecule has 0 aliphatic heterocycles. The van der Waals surface area contributed by atoms with Crippen LogP contribution in [0, 0.1) is 0 Å². The maximum atomic E-state index is 13.8. The topological polar surface area (TPSA) is 95.7 Å². The van der Waals surface area contributed by atoms with Crippen molar-refractivity contribution in [2.45, 2.75) is 25.8 Å². The number of nitrogen functional groups attached to an aromatic ring is 1. The monoisotopic (exact) mass is 442 g/mol. The zero-order valence-corrected chi connectivity index (χ0v) is 15.6. The van der Waals surface area contributed by atoms with Gasteiger partial charge in [0.15, 0.2) is 17.3 Å². The summed E-state index contributed by atoms with van der Waals surface area (Å²) in [6, 6.07) is 3.68. The van der Waals surface area contributed by atoms with E-state index in [9.17, 15) is 26.3 Å². The fourth-order valence-electron chi connectivity index (χ4n) is 3.39. The fraction of sp³-hybridized carbons (Fsp3) is 0.222. The highest BCUT2D eigenvalue weighted by Gasteiger charge is 2.45. The van der Waals surface area contributed by atoms with Crippen molar-refractivity contribution >= 4 is 16.9 Å². The molecule has 0 saturated heterocycles. The standard InChI is InChI=1S/C18H12F6N6O/c1-2-30-10-6-7-26-12(13(10)27-16(30)14-15(25)29-31-28-14)8-4-3-5-9(17(19,20)21)11(8)18(22,23)24/h3-7H,2H2,1H3,(H2,25,29). The minimum atomic E-state index is -5.29. The molecule has 0 amide bonds. The van der Waals surface area contributed by atoms with Crippen LogP contribution in [-0.4, -0.2) is 24.8 Å². The van der Waals surface area contributed by atoms with Crippen LogP contribution in [0.4, 0.5) is 32.2 Å². The van der Waals surface area contributed by atoms with Gasteiger partial charge in [-0.05, 0) is 29.4 Å². The molecule has 3 aromatic heterocycles. The van der Waals surface area contributed by atoms with Crippen LogP contribution >= 0.6 is 0 Å². The van der Waals surface area contributed by atoms with Crippen LogP contribution in [0.15, 0.2) is 35.1 Å². The molecular weight excluding hydrogens is 430 g/mol. The predicted molar refractivity (Wildman–Crippen MR) is 96.3 cm³/mol. The number of imidazole rings is 1. The van der Waals surface area contributed by atoms with Crippen molar-refractivity contribution in [2.75, 3.05) is 5.73 Å². The molecule has 3 heterocycles. The summed E-state index contributed by atoms with van der Waals surface area (Å²) in [7, 11) is 0. The van der Waals surface area contributed by atoms with E-state index in [0.717, 1.165) is 12.1 Å². The quantitative estimate of drug-likeness (QED) is 0.459. The van der Waals surface area contributed by atoms with Crippen molar-refractivity contribution in [3.63, 3.8) is 0 Å². The number of hydrogen-bond acceptors (Lipinski definition) is 6. The molecule has 13 heteroatoms. The van der Waals surface area contributed by atoms with Gasteiger partial charge in [-0.15, -0.1) is 0 Å². The number of aryl methyl sites for hydroxylation is 1. The summed E-state index contributed by atoms with van der Waals surface area (Å²) in [4.78, 5) is 8.22. The lowest BCUT2D eigenvalue weighted by Crippen LogP contribution is -2.18. The van der Waals surface area contributed by atoms with Gasteiger partial charge in [0.25, 0.3) is 0 Å². The molecule has 162 valence electrons. The first-order chi connectivity index (χ1) is 14.5. The minimum Gasteiger partial charge on any atom is -0.379 e. The smallest absolute Gasteiger partial charge is 0.379 e. The third-order valence-corrected chi connectivity index (χ3v) is 4.62. The Balaban J connectivity index is 2.07. The molecule has 4 rings (SSSR count). The van der Waals surface area contributed by atoms with Gasteiger partial charge in [-0.2, -0.15) is 26.3 Å². The fourth-order valence-corrected chi connectivity index (χ4v) is 3.39. The van der Waals surface area contributed by atoms with Crippen LogP contribution in [0.1, 0.15) is 18.1 Å². The van der Waals surface area contributed by atoms with Gasteiger partial charge in [0, 0.05) is 18.3 Å². The van der Waals surface area contributed by atoms with Crippen molar-refractivity contribution in [1.29, 1.82) is 0 Å². The van der Waals surface area contributed by atoms with Gasteiger partial charge in [-0.25, -0.2) is 9.61 Å². The summed E-state index contributed by atoms with van der Waals surface area (Å²) in [5, 5.41) is 7.11. The normalized spacial score (nSPS) is 12.6. The number of anilines is 1. The summed E-state index contributed by atoms with van der Waals surface area (Å²) < 4.78 is 87.5. The molecule has 7 nitrogen and oxygen atoms in total. The lowest BCUT2D eigenvalue weighted by molar-refractivity contribution is -0.161. The molecular formula is C18H12F6N6O. The van der Waals surface area contributed by atoms with Gasteiger partial charge in [0.1, 0.15) is 5.52 Å². The average molecular weight is 442 g/mol. The van der Waals surface area contributed by atoms with E-state index in [1.807, 2.05) is 0 Å². The van der Waals surface area contributed by atoms with Gasteiger partial charge in [0.05, 0.1) is 22.3 Å². The van der Waals surface area contributed by atoms with Crippen molar-refractivity contribution in [2.24, 2.45) is 0 Å². The van der Waals surface area contributed by atoms with E-state index in [1.54, 1.807) is 11.5 Å². The summed E-state index contributed by atoms with van der Waals surface area (Å²) in [6.45, 7) is 2.04. The number of nitrogens with two attached hydrogens (primary N) is 1. The molecule has 1 aromatic carbocycles. The summed E-state index contributed by atoms with van der Waals surface area (Å²) in [6.07, 6.45) is -9.31. The maximum absolute atomic E-state index is 13.8. The van der Waals surface area contributed by atoms with E-state index in [-0.39, 0.29) is 28.5 Å². The second-order valence-corrected chi connectivity index (χ2v) is 6.43. The molecule has 0 bridgehead atoms. The van der Waals surface area contributed by atoms with Crippen molar-refractivity contribution in [3.8, 4) is 22.8 Å². The average Bonchev–Trinajstić information content (AvgIpc) is 3.28. The molecule has 0 spiro atoms. The summed E-state index contributed by atoms with van der Waals surface area (Å²) in [5.74, 6) is 0.0283. The molecule has 4 aromatic rings. The Hall–Kier alpha value is -3.64. The SMILES string of the molecule is CCn1c(-c2nonc2N)nc2c(-c3cccc(C(F)(F)F)c3C(F)(F)F)nccc21. The van der Waals surface area contributed by atoms with E-state index >= 15 is 0 Å². The number of pyridine rings is 1. The van der Waals surface area contributed by atoms with E-state index in [4.69, 9.17) is 5.73 Å². The lowest BCUT2D eigenvalue weighted by atomic mass is 9.96. The van der Waals surface area contributed by atoms with E-state index in [2.05, 4.69) is 24.9 Å². The Kier molecular flexibility index (Phi) is 4.63. The zero-order chi connectivity index (χ0) is 22.6. The lowest BCUT2D eigenvalue weighted by Gasteiger charge is -2.19. The third kappa shape index (κ3) is 3.35. The minimum absolute atomic E-state index is 0.0455. The largest absolute Gasteiger partial charge is 0.417 e. The Morgan fingerprint density at radius 2 is 1.74 bits per heavy atom. The van der Waals surface area contributed by atoms with Crippen LogP contribution in [-0.2, 0) is 18.9 Å². The van der Waals surface area contributed by atoms with E-state index in [1.165, 1.54) is 12.3 Å². The summed E-state index contributed by atoms with van der Waals surface area (Å²) >= 11 is 0. The molecule has 0 radical (unpaired) electrons. The highest BCUT2D eigenvalue weighted by molar-refractivity contribution is 5.93. The first kappa shape index (κ1) is 20.6. The molecule has 0 fully saturated rings. The number of alkyl halides is 6. The number of aromatic nitrogens is 5. The number of halogens is 6. The number of benzene rings is 1. The van der Waals surface area contributed by atoms with Crippen molar-refractivity contribution in [3.05, 3.63) is 41.6 Å². The van der Waals surface area contributed by atoms with Crippen LogP contribution < -0.4 is 5.73 Å². The van der Waals surface area contributed by atoms with Crippen LogP contribution in [0.3, 0.4) is 0 Å².